The maximum Gasteiger partial charge on any atom is 0.315 e. The number of amides is 4. The minimum Gasteiger partial charge on any atom is -0.508 e. The van der Waals surface area contributed by atoms with Gasteiger partial charge in [0.15, 0.2) is 0 Å². The van der Waals surface area contributed by atoms with Crippen LogP contribution in [0.4, 0.5) is 4.79 Å². The Morgan fingerprint density at radius 2 is 1.46 bits per heavy atom. The lowest BCUT2D eigenvalue weighted by Gasteiger charge is -2.35. The van der Waals surface area contributed by atoms with Crippen LogP contribution in [0.3, 0.4) is 0 Å². The van der Waals surface area contributed by atoms with Crippen molar-refractivity contribution in [2.24, 2.45) is 5.84 Å². The van der Waals surface area contributed by atoms with E-state index in [1.807, 2.05) is 74.5 Å². The van der Waals surface area contributed by atoms with Crippen molar-refractivity contribution in [3.63, 3.8) is 0 Å². The van der Waals surface area contributed by atoms with Crippen molar-refractivity contribution in [1.29, 1.82) is 0 Å². The molecule has 9 heteroatoms. The van der Waals surface area contributed by atoms with E-state index in [-0.39, 0.29) is 30.5 Å². The summed E-state index contributed by atoms with van der Waals surface area (Å²) in [5, 5.41) is 19.4. The second kappa shape index (κ2) is 14.3. The minimum atomic E-state index is -0.890. The van der Waals surface area contributed by atoms with Gasteiger partial charge >= 0.3 is 6.03 Å². The molecular weight excluding hydrogens is 518 g/mol. The Hall–Kier alpha value is -4.37. The van der Waals surface area contributed by atoms with Crippen LogP contribution < -0.4 is 21.8 Å². The largest absolute Gasteiger partial charge is 0.508 e. The van der Waals surface area contributed by atoms with Crippen LogP contribution in [0.15, 0.2) is 72.8 Å². The summed E-state index contributed by atoms with van der Waals surface area (Å²) in [5.74, 6) is 5.78. The number of hydrogen-bond acceptors (Lipinski definition) is 5. The predicted molar refractivity (Wildman–Crippen MR) is 160 cm³/mol. The molecule has 3 aromatic carbocycles. The molecule has 6 N–H and O–H groups in total. The molecule has 0 aliphatic carbocycles. The van der Waals surface area contributed by atoms with Crippen LogP contribution in [0, 0.1) is 13.8 Å². The van der Waals surface area contributed by atoms with Gasteiger partial charge in [-0.15, -0.1) is 0 Å². The number of hydrazine groups is 1. The summed E-state index contributed by atoms with van der Waals surface area (Å²) in [4.78, 5) is 39.0. The Balaban J connectivity index is 1.59. The topological polar surface area (TPSA) is 137 Å². The molecule has 0 aromatic heterocycles. The summed E-state index contributed by atoms with van der Waals surface area (Å²) in [6.45, 7) is 7.75. The van der Waals surface area contributed by atoms with Gasteiger partial charge in [-0.1, -0.05) is 60.7 Å². The number of urea groups is 1. The van der Waals surface area contributed by atoms with Crippen molar-refractivity contribution in [3.8, 4) is 5.75 Å². The SMILES string of the molecule is Cc1cc(O)cc(C)c1CCC(=O)N(N)C(C)(C)CNC(=O)[C@H](Cc1ccccc1)NC(=O)NCc1ccccc1. The molecule has 1 atom stereocenters. The van der Waals surface area contributed by atoms with Crippen LogP contribution in [0.1, 0.15) is 48.1 Å². The molecule has 3 aromatic rings. The van der Waals surface area contributed by atoms with Crippen LogP contribution >= 0.6 is 0 Å². The molecule has 0 spiro atoms. The highest BCUT2D eigenvalue weighted by molar-refractivity contribution is 5.87. The van der Waals surface area contributed by atoms with E-state index < -0.39 is 17.6 Å². The first-order valence-electron chi connectivity index (χ1n) is 13.7. The summed E-state index contributed by atoms with van der Waals surface area (Å²) in [5.41, 5.74) is 3.77. The van der Waals surface area contributed by atoms with Crippen LogP contribution in [-0.4, -0.2) is 46.1 Å². The van der Waals surface area contributed by atoms with E-state index in [0.29, 0.717) is 19.4 Å². The molecule has 0 saturated carbocycles. The lowest BCUT2D eigenvalue weighted by Crippen LogP contribution is -2.59. The van der Waals surface area contributed by atoms with Crippen molar-refractivity contribution in [1.82, 2.24) is 21.0 Å². The van der Waals surface area contributed by atoms with Gasteiger partial charge in [-0.25, -0.2) is 10.6 Å². The van der Waals surface area contributed by atoms with Crippen molar-refractivity contribution in [3.05, 3.63) is 101 Å². The average Bonchev–Trinajstić information content (AvgIpc) is 2.94. The fraction of sp³-hybridized carbons (Fsp3) is 0.344. The molecule has 9 nitrogen and oxygen atoms in total. The van der Waals surface area contributed by atoms with E-state index >= 15 is 0 Å². The molecule has 0 bridgehead atoms. The number of carbonyl (C=O) groups is 3. The molecule has 0 saturated heterocycles. The Labute approximate surface area is 242 Å². The van der Waals surface area contributed by atoms with Gasteiger partial charge in [-0.2, -0.15) is 0 Å². The zero-order valence-electron chi connectivity index (χ0n) is 24.2. The third kappa shape index (κ3) is 9.36. The highest BCUT2D eigenvalue weighted by atomic mass is 16.3. The summed E-state index contributed by atoms with van der Waals surface area (Å²) in [6, 6.07) is 21.0. The van der Waals surface area contributed by atoms with Crippen molar-refractivity contribution >= 4 is 17.8 Å². The van der Waals surface area contributed by atoms with E-state index in [2.05, 4.69) is 16.0 Å². The normalized spacial score (nSPS) is 11.8. The van der Waals surface area contributed by atoms with E-state index in [9.17, 15) is 19.5 Å². The number of aryl methyl sites for hydroxylation is 2. The van der Waals surface area contributed by atoms with E-state index in [4.69, 9.17) is 5.84 Å². The Morgan fingerprint density at radius 1 is 0.902 bits per heavy atom. The van der Waals surface area contributed by atoms with Gasteiger partial charge in [0.05, 0.1) is 5.54 Å². The standard InChI is InChI=1S/C32H41N5O4/c1-22-17-26(38)18-23(2)27(22)15-16-29(39)37(33)32(3,4)21-35-30(40)28(19-24-11-7-5-8-12-24)36-31(41)34-20-25-13-9-6-10-14-25/h5-14,17-18,28,38H,15-16,19-21,33H2,1-4H3,(H,35,40)(H2,34,36,41)/t28-/m0/s1. The zero-order chi connectivity index (χ0) is 30.0. The lowest BCUT2D eigenvalue weighted by atomic mass is 9.97. The number of carbonyl (C=O) groups excluding carboxylic acids is 3. The zero-order valence-corrected chi connectivity index (χ0v) is 24.2. The highest BCUT2D eigenvalue weighted by Gasteiger charge is 2.31. The Bertz CT molecular complexity index is 1310. The number of rotatable bonds is 12. The number of phenols is 1. The van der Waals surface area contributed by atoms with E-state index in [1.165, 1.54) is 0 Å². The molecule has 0 unspecified atom stereocenters. The van der Waals surface area contributed by atoms with Gasteiger partial charge in [-0.05, 0) is 74.1 Å². The first kappa shape index (κ1) is 31.2. The minimum absolute atomic E-state index is 0.0872. The summed E-state index contributed by atoms with van der Waals surface area (Å²) < 4.78 is 0. The van der Waals surface area contributed by atoms with Gasteiger partial charge in [0.1, 0.15) is 11.8 Å². The molecule has 4 amide bonds. The summed E-state index contributed by atoms with van der Waals surface area (Å²) in [6.07, 6.45) is 0.955. The van der Waals surface area contributed by atoms with Crippen LogP contribution in [0.2, 0.25) is 0 Å². The molecular formula is C32H41N5O4. The van der Waals surface area contributed by atoms with E-state index in [1.54, 1.807) is 26.0 Å². The molecule has 3 rings (SSSR count). The van der Waals surface area contributed by atoms with Crippen molar-refractivity contribution in [2.45, 2.75) is 65.1 Å². The average molecular weight is 560 g/mol. The summed E-state index contributed by atoms with van der Waals surface area (Å²) >= 11 is 0. The van der Waals surface area contributed by atoms with Gasteiger partial charge < -0.3 is 21.1 Å². The highest BCUT2D eigenvalue weighted by Crippen LogP contribution is 2.22. The Kier molecular flexibility index (Phi) is 10.9. The monoisotopic (exact) mass is 559 g/mol. The van der Waals surface area contributed by atoms with Gasteiger partial charge in [0, 0.05) is 25.9 Å². The third-order valence-electron chi connectivity index (χ3n) is 7.09. The van der Waals surface area contributed by atoms with Gasteiger partial charge in [0.2, 0.25) is 11.8 Å². The molecule has 218 valence electrons. The number of nitrogens with one attached hydrogen (secondary N) is 3. The van der Waals surface area contributed by atoms with Crippen LogP contribution in [0.25, 0.3) is 0 Å². The number of nitrogens with two attached hydrogens (primary N) is 1. The van der Waals surface area contributed by atoms with Crippen molar-refractivity contribution in [2.75, 3.05) is 6.54 Å². The number of nitrogens with zero attached hydrogens (tertiary/aromatic N) is 1. The fourth-order valence-electron chi connectivity index (χ4n) is 4.61. The van der Waals surface area contributed by atoms with Gasteiger partial charge in [-0.3, -0.25) is 14.6 Å². The van der Waals surface area contributed by atoms with Crippen LogP contribution in [-0.2, 0) is 29.0 Å². The van der Waals surface area contributed by atoms with Gasteiger partial charge in [0.25, 0.3) is 0 Å². The fourth-order valence-corrected chi connectivity index (χ4v) is 4.61. The smallest absolute Gasteiger partial charge is 0.315 e. The first-order valence-corrected chi connectivity index (χ1v) is 13.7. The third-order valence-corrected chi connectivity index (χ3v) is 7.09. The van der Waals surface area contributed by atoms with Crippen LogP contribution in [0.5, 0.6) is 5.75 Å². The Morgan fingerprint density at radius 3 is 2.05 bits per heavy atom. The molecule has 0 aliphatic rings. The molecule has 41 heavy (non-hydrogen) atoms. The number of phenolic OH excluding ortho intramolecular Hbond substituents is 1. The number of hydrogen-bond donors (Lipinski definition) is 5. The maximum atomic E-state index is 13.3. The predicted octanol–water partition coefficient (Wildman–Crippen LogP) is 3.65. The first-order chi connectivity index (χ1) is 19.5. The van der Waals surface area contributed by atoms with E-state index in [0.717, 1.165) is 32.8 Å². The molecule has 0 radical (unpaired) electrons. The number of benzene rings is 3. The number of aromatic hydroxyl groups is 1. The summed E-state index contributed by atoms with van der Waals surface area (Å²) in [7, 11) is 0. The molecule has 0 heterocycles. The second-order valence-corrected chi connectivity index (χ2v) is 10.9. The quantitative estimate of drug-likeness (QED) is 0.131. The second-order valence-electron chi connectivity index (χ2n) is 10.9. The lowest BCUT2D eigenvalue weighted by molar-refractivity contribution is -0.137. The van der Waals surface area contributed by atoms with Crippen molar-refractivity contribution < 1.29 is 19.5 Å². The maximum absolute atomic E-state index is 13.3. The molecule has 0 fully saturated rings. The molecule has 0 aliphatic heterocycles.